The molecule has 0 aromatic carbocycles. The van der Waals surface area contributed by atoms with Crippen molar-refractivity contribution < 1.29 is 0 Å². The van der Waals surface area contributed by atoms with Crippen LogP contribution in [-0.4, -0.2) is 24.6 Å². The molecule has 102 valence electrons. The predicted octanol–water partition coefficient (Wildman–Crippen LogP) is 3.05. The molecule has 0 aliphatic carbocycles. The number of aryl methyl sites for hydroxylation is 1. The van der Waals surface area contributed by atoms with E-state index in [4.69, 9.17) is 4.98 Å². The van der Waals surface area contributed by atoms with Crippen LogP contribution in [0.4, 0.5) is 5.13 Å². The van der Waals surface area contributed by atoms with Crippen LogP contribution in [0.15, 0.2) is 0 Å². The summed E-state index contributed by atoms with van der Waals surface area (Å²) in [5, 5.41) is 4.67. The van der Waals surface area contributed by atoms with Gasteiger partial charge in [0.15, 0.2) is 5.13 Å². The van der Waals surface area contributed by atoms with Crippen molar-refractivity contribution >= 4 is 16.5 Å². The van der Waals surface area contributed by atoms with Gasteiger partial charge in [-0.1, -0.05) is 27.2 Å². The highest BCUT2D eigenvalue weighted by Crippen LogP contribution is 2.31. The molecule has 2 rings (SSSR count). The minimum atomic E-state index is 0.820. The van der Waals surface area contributed by atoms with E-state index in [1.165, 1.54) is 41.6 Å². The van der Waals surface area contributed by atoms with Crippen molar-refractivity contribution in [2.24, 2.45) is 5.92 Å². The average Bonchev–Trinajstić information content (AvgIpc) is 2.94. The largest absolute Gasteiger partial charge is 0.348 e. The summed E-state index contributed by atoms with van der Waals surface area (Å²) >= 11 is 1.89. The molecular formula is C14H25N3S. The van der Waals surface area contributed by atoms with E-state index in [9.17, 15) is 0 Å². The molecule has 4 heteroatoms. The molecular weight excluding hydrogens is 242 g/mol. The Labute approximate surface area is 115 Å². The molecule has 1 saturated heterocycles. The second-order valence-electron chi connectivity index (χ2n) is 5.24. The zero-order chi connectivity index (χ0) is 13.0. The molecule has 0 radical (unpaired) electrons. The topological polar surface area (TPSA) is 28.2 Å². The molecule has 0 spiro atoms. The van der Waals surface area contributed by atoms with E-state index in [0.717, 1.165) is 25.4 Å². The van der Waals surface area contributed by atoms with Gasteiger partial charge < -0.3 is 10.2 Å². The molecule has 1 atom stereocenters. The normalized spacial score (nSPS) is 19.7. The molecule has 0 bridgehead atoms. The summed E-state index contributed by atoms with van der Waals surface area (Å²) < 4.78 is 0. The van der Waals surface area contributed by atoms with Gasteiger partial charge in [0.2, 0.25) is 0 Å². The quantitative estimate of drug-likeness (QED) is 0.858. The lowest BCUT2D eigenvalue weighted by atomic mass is 10.2. The van der Waals surface area contributed by atoms with Gasteiger partial charge in [-0.15, -0.1) is 11.3 Å². The molecule has 1 unspecified atom stereocenters. The Bertz CT molecular complexity index is 375. The Balaban J connectivity index is 2.10. The molecule has 1 aromatic rings. The van der Waals surface area contributed by atoms with Crippen LogP contribution in [0.5, 0.6) is 0 Å². The van der Waals surface area contributed by atoms with Crippen LogP contribution >= 0.6 is 11.3 Å². The Morgan fingerprint density at radius 3 is 2.89 bits per heavy atom. The van der Waals surface area contributed by atoms with E-state index in [0.29, 0.717) is 0 Å². The van der Waals surface area contributed by atoms with Crippen LogP contribution in [0.2, 0.25) is 0 Å². The first-order valence-electron chi connectivity index (χ1n) is 7.18. The molecule has 3 nitrogen and oxygen atoms in total. The maximum Gasteiger partial charge on any atom is 0.185 e. The van der Waals surface area contributed by atoms with Gasteiger partial charge in [0, 0.05) is 24.5 Å². The summed E-state index contributed by atoms with van der Waals surface area (Å²) in [6.45, 7) is 11.1. The van der Waals surface area contributed by atoms with E-state index >= 15 is 0 Å². The number of thiazole rings is 1. The Morgan fingerprint density at radius 2 is 2.28 bits per heavy atom. The minimum absolute atomic E-state index is 0.820. The van der Waals surface area contributed by atoms with E-state index < -0.39 is 0 Å². The van der Waals surface area contributed by atoms with Gasteiger partial charge in [0.1, 0.15) is 0 Å². The Hall–Kier alpha value is -0.610. The van der Waals surface area contributed by atoms with Gasteiger partial charge in [-0.3, -0.25) is 0 Å². The van der Waals surface area contributed by atoms with Gasteiger partial charge in [0.05, 0.1) is 5.69 Å². The molecule has 1 N–H and O–H groups in total. The van der Waals surface area contributed by atoms with Crippen molar-refractivity contribution in [3.05, 3.63) is 10.6 Å². The van der Waals surface area contributed by atoms with Crippen molar-refractivity contribution in [1.29, 1.82) is 0 Å². The zero-order valence-corrected chi connectivity index (χ0v) is 12.6. The fraction of sp³-hybridized carbons (Fsp3) is 0.786. The molecule has 1 fully saturated rings. The number of hydrogen-bond donors (Lipinski definition) is 1. The molecule has 0 saturated carbocycles. The fourth-order valence-electron chi connectivity index (χ4n) is 2.42. The minimum Gasteiger partial charge on any atom is -0.348 e. The third kappa shape index (κ3) is 3.23. The maximum atomic E-state index is 4.87. The molecule has 18 heavy (non-hydrogen) atoms. The molecule has 0 amide bonds. The molecule has 1 aliphatic rings. The number of hydrogen-bond acceptors (Lipinski definition) is 4. The van der Waals surface area contributed by atoms with Gasteiger partial charge in [-0.05, 0) is 25.3 Å². The summed E-state index contributed by atoms with van der Waals surface area (Å²) in [4.78, 5) is 8.77. The summed E-state index contributed by atoms with van der Waals surface area (Å²) in [5.41, 5.74) is 1.32. The monoisotopic (exact) mass is 267 g/mol. The fourth-order valence-corrected chi connectivity index (χ4v) is 3.53. The van der Waals surface area contributed by atoms with Crippen molar-refractivity contribution in [1.82, 2.24) is 10.3 Å². The van der Waals surface area contributed by atoms with E-state index in [1.807, 2.05) is 11.3 Å². The highest BCUT2D eigenvalue weighted by Gasteiger charge is 2.22. The second kappa shape index (κ2) is 6.53. The van der Waals surface area contributed by atoms with Crippen molar-refractivity contribution in [3.63, 3.8) is 0 Å². The number of aromatic nitrogens is 1. The van der Waals surface area contributed by atoms with Crippen LogP contribution < -0.4 is 10.2 Å². The number of rotatable bonds is 6. The maximum absolute atomic E-state index is 4.87. The second-order valence-corrected chi connectivity index (χ2v) is 6.30. The highest BCUT2D eigenvalue weighted by molar-refractivity contribution is 7.15. The Kier molecular flexibility index (Phi) is 5.01. The third-order valence-corrected chi connectivity index (χ3v) is 4.64. The first-order chi connectivity index (χ1) is 8.74. The molecule has 1 aromatic heterocycles. The van der Waals surface area contributed by atoms with E-state index in [-0.39, 0.29) is 0 Å². The average molecular weight is 267 g/mol. The predicted molar refractivity (Wildman–Crippen MR) is 79.5 cm³/mol. The summed E-state index contributed by atoms with van der Waals surface area (Å²) in [5.74, 6) is 0.820. The summed E-state index contributed by atoms with van der Waals surface area (Å²) in [6, 6.07) is 0. The van der Waals surface area contributed by atoms with Gasteiger partial charge in [0.25, 0.3) is 0 Å². The number of nitrogens with one attached hydrogen (secondary N) is 1. The SMILES string of the molecule is CCCc1nc(N2CCC(C)C2)sc1CNCC. The standard InChI is InChI=1S/C14H25N3S/c1-4-6-12-13(9-15-5-2)18-14(16-12)17-8-7-11(3)10-17/h11,15H,4-10H2,1-3H3. The summed E-state index contributed by atoms with van der Waals surface area (Å²) in [7, 11) is 0. The first-order valence-corrected chi connectivity index (χ1v) is 8.00. The zero-order valence-electron chi connectivity index (χ0n) is 11.8. The lowest BCUT2D eigenvalue weighted by molar-refractivity contribution is 0.659. The van der Waals surface area contributed by atoms with Crippen molar-refractivity contribution in [2.75, 3.05) is 24.5 Å². The van der Waals surface area contributed by atoms with Crippen LogP contribution in [-0.2, 0) is 13.0 Å². The number of nitrogens with zero attached hydrogens (tertiary/aromatic N) is 2. The highest BCUT2D eigenvalue weighted by atomic mass is 32.1. The van der Waals surface area contributed by atoms with Gasteiger partial charge in [-0.2, -0.15) is 0 Å². The van der Waals surface area contributed by atoms with Crippen molar-refractivity contribution in [2.45, 2.75) is 46.6 Å². The van der Waals surface area contributed by atoms with E-state index in [1.54, 1.807) is 0 Å². The smallest absolute Gasteiger partial charge is 0.185 e. The lowest BCUT2D eigenvalue weighted by Gasteiger charge is -2.13. The van der Waals surface area contributed by atoms with Crippen LogP contribution in [0, 0.1) is 5.92 Å². The van der Waals surface area contributed by atoms with Gasteiger partial charge >= 0.3 is 0 Å². The molecule has 1 aliphatic heterocycles. The van der Waals surface area contributed by atoms with E-state index in [2.05, 4.69) is 31.0 Å². The molecule has 2 heterocycles. The third-order valence-electron chi connectivity index (χ3n) is 3.48. The van der Waals surface area contributed by atoms with Gasteiger partial charge in [-0.25, -0.2) is 4.98 Å². The number of anilines is 1. The van der Waals surface area contributed by atoms with Crippen LogP contribution in [0.25, 0.3) is 0 Å². The van der Waals surface area contributed by atoms with Crippen LogP contribution in [0.3, 0.4) is 0 Å². The first kappa shape index (κ1) is 13.8. The lowest BCUT2D eigenvalue weighted by Crippen LogP contribution is -2.18. The van der Waals surface area contributed by atoms with Crippen molar-refractivity contribution in [3.8, 4) is 0 Å². The Morgan fingerprint density at radius 1 is 1.44 bits per heavy atom. The van der Waals surface area contributed by atoms with Crippen LogP contribution in [0.1, 0.15) is 44.2 Å². The summed E-state index contributed by atoms with van der Waals surface area (Å²) in [6.07, 6.45) is 3.60.